The first kappa shape index (κ1) is 27.6. The number of nitrogens with one attached hydrogen (secondary N) is 2. The van der Waals surface area contributed by atoms with Crippen molar-refractivity contribution in [2.75, 3.05) is 22.9 Å². The van der Waals surface area contributed by atoms with Crippen molar-refractivity contribution >= 4 is 40.1 Å². The van der Waals surface area contributed by atoms with Crippen molar-refractivity contribution in [2.45, 2.75) is 39.7 Å². The Morgan fingerprint density at radius 2 is 1.76 bits per heavy atom. The summed E-state index contributed by atoms with van der Waals surface area (Å²) in [5.41, 5.74) is 1.05. The van der Waals surface area contributed by atoms with Crippen LogP contribution in [0.4, 0.5) is 11.4 Å². The van der Waals surface area contributed by atoms with Crippen LogP contribution >= 0.6 is 7.52 Å². The van der Waals surface area contributed by atoms with Crippen molar-refractivity contribution < 1.29 is 32.8 Å². The van der Waals surface area contributed by atoms with E-state index in [4.69, 9.17) is 4.52 Å². The molecule has 1 atom stereocenters. The lowest BCUT2D eigenvalue weighted by atomic mass is 9.91. The zero-order valence-corrected chi connectivity index (χ0v) is 23.4. The van der Waals surface area contributed by atoms with Gasteiger partial charge in [0, 0.05) is 11.1 Å². The molecule has 2 heterocycles. The van der Waals surface area contributed by atoms with E-state index in [9.17, 15) is 28.3 Å². The molecule has 38 heavy (non-hydrogen) atoms. The average Bonchev–Trinajstić information content (AvgIpc) is 3.04. The van der Waals surface area contributed by atoms with Gasteiger partial charge in [-0.25, -0.2) is 8.42 Å². The Hall–Kier alpha value is -3.47. The van der Waals surface area contributed by atoms with Crippen LogP contribution in [0.15, 0.2) is 47.2 Å². The van der Waals surface area contributed by atoms with Crippen LogP contribution in [0.3, 0.4) is 0 Å². The number of hydrogen-bond acceptors (Lipinski definition) is 8. The molecule has 1 aliphatic heterocycles. The highest BCUT2D eigenvalue weighted by Crippen LogP contribution is 2.54. The first-order valence-corrected chi connectivity index (χ1v) is 15.3. The predicted octanol–water partition coefficient (Wildman–Crippen LogP) is 4.05. The molecule has 5 N–H and O–H groups in total. The Kier molecular flexibility index (Phi) is 7.02. The van der Waals surface area contributed by atoms with Crippen LogP contribution in [0.5, 0.6) is 17.4 Å². The SMILES string of the molecule is CCOP1(=O)N=C(c2c(O)c(C(C)(C)C)n(Cc3ccc(O)cc3)c2O)Nc2ccc(NS(C)(=O)=O)cc21. The van der Waals surface area contributed by atoms with Crippen molar-refractivity contribution in [3.63, 3.8) is 0 Å². The van der Waals surface area contributed by atoms with Gasteiger partial charge >= 0.3 is 7.52 Å². The summed E-state index contributed by atoms with van der Waals surface area (Å²) in [7, 11) is -7.53. The molecule has 0 aliphatic carbocycles. The summed E-state index contributed by atoms with van der Waals surface area (Å²) in [5, 5.41) is 35.5. The number of phenolic OH excluding ortho intramolecular Hbond substituents is 1. The van der Waals surface area contributed by atoms with E-state index in [2.05, 4.69) is 14.8 Å². The zero-order chi connectivity index (χ0) is 28.0. The number of nitrogens with zero attached hydrogens (tertiary/aromatic N) is 2. The lowest BCUT2D eigenvalue weighted by Crippen LogP contribution is -2.26. The molecule has 11 nitrogen and oxygen atoms in total. The molecule has 0 fully saturated rings. The van der Waals surface area contributed by atoms with E-state index in [0.29, 0.717) is 11.4 Å². The Labute approximate surface area is 221 Å². The van der Waals surface area contributed by atoms with Gasteiger partial charge in [0.05, 0.1) is 36.1 Å². The molecule has 2 aromatic carbocycles. The molecule has 1 aromatic heterocycles. The van der Waals surface area contributed by atoms with Crippen molar-refractivity contribution in [2.24, 2.45) is 4.76 Å². The Balaban J connectivity index is 1.87. The second-order valence-corrected chi connectivity index (χ2v) is 13.7. The van der Waals surface area contributed by atoms with Crippen LogP contribution in [0, 0.1) is 0 Å². The number of anilines is 2. The maximum atomic E-state index is 14.0. The summed E-state index contributed by atoms with van der Waals surface area (Å²) in [5.74, 6) is -0.482. The maximum Gasteiger partial charge on any atom is 0.348 e. The van der Waals surface area contributed by atoms with Gasteiger partial charge in [0.15, 0.2) is 11.6 Å². The molecular weight excluding hydrogens is 531 g/mol. The third-order valence-electron chi connectivity index (χ3n) is 5.83. The number of aromatic nitrogens is 1. The number of sulfonamides is 1. The first-order chi connectivity index (χ1) is 17.6. The van der Waals surface area contributed by atoms with Crippen molar-refractivity contribution in [3.05, 3.63) is 59.3 Å². The van der Waals surface area contributed by atoms with Crippen molar-refractivity contribution in [1.29, 1.82) is 0 Å². The average molecular weight is 563 g/mol. The molecule has 0 spiro atoms. The molecule has 13 heteroatoms. The zero-order valence-electron chi connectivity index (χ0n) is 21.7. The number of rotatable bonds is 7. The van der Waals surface area contributed by atoms with Crippen molar-refractivity contribution in [1.82, 2.24) is 4.57 Å². The minimum Gasteiger partial charge on any atom is -0.508 e. The van der Waals surface area contributed by atoms with Crippen LogP contribution in [-0.2, 0) is 31.1 Å². The molecule has 0 bridgehead atoms. The van der Waals surface area contributed by atoms with Gasteiger partial charge in [-0.05, 0) is 42.8 Å². The maximum absolute atomic E-state index is 14.0. The fraction of sp³-hybridized carbons (Fsp3) is 0.320. The first-order valence-electron chi connectivity index (χ1n) is 11.8. The monoisotopic (exact) mass is 562 g/mol. The number of benzene rings is 2. The lowest BCUT2D eigenvalue weighted by molar-refractivity contribution is 0.341. The number of aromatic hydroxyl groups is 3. The molecule has 1 aliphatic rings. The van der Waals surface area contributed by atoms with Crippen LogP contribution in [0.2, 0.25) is 0 Å². The third kappa shape index (κ3) is 5.38. The number of hydrogen-bond donors (Lipinski definition) is 5. The Morgan fingerprint density at radius 1 is 1.11 bits per heavy atom. The quantitative estimate of drug-likeness (QED) is 0.269. The van der Waals surface area contributed by atoms with E-state index in [-0.39, 0.29) is 52.9 Å². The van der Waals surface area contributed by atoms with Crippen LogP contribution in [0.25, 0.3) is 0 Å². The lowest BCUT2D eigenvalue weighted by Gasteiger charge is -2.25. The molecule has 0 saturated heterocycles. The van der Waals surface area contributed by atoms with Crippen LogP contribution in [0.1, 0.15) is 44.5 Å². The fourth-order valence-corrected chi connectivity index (χ4v) is 6.74. The van der Waals surface area contributed by atoms with Gasteiger partial charge in [0.25, 0.3) is 0 Å². The van der Waals surface area contributed by atoms with Gasteiger partial charge in [-0.1, -0.05) is 32.9 Å². The van der Waals surface area contributed by atoms with Gasteiger partial charge in [-0.3, -0.25) is 9.29 Å². The highest BCUT2D eigenvalue weighted by Gasteiger charge is 2.38. The van der Waals surface area contributed by atoms with E-state index in [0.717, 1.165) is 11.8 Å². The normalized spacial score (nSPS) is 17.4. The second-order valence-electron chi connectivity index (χ2n) is 10.0. The van der Waals surface area contributed by atoms with Gasteiger partial charge in [-0.2, -0.15) is 4.76 Å². The van der Waals surface area contributed by atoms with Gasteiger partial charge in [-0.15, -0.1) is 0 Å². The van der Waals surface area contributed by atoms with Gasteiger partial charge in [0.2, 0.25) is 15.9 Å². The van der Waals surface area contributed by atoms with E-state index in [1.165, 1.54) is 30.3 Å². The summed E-state index contributed by atoms with van der Waals surface area (Å²) >= 11 is 0. The van der Waals surface area contributed by atoms with Gasteiger partial charge < -0.3 is 29.7 Å². The van der Waals surface area contributed by atoms with Crippen molar-refractivity contribution in [3.8, 4) is 17.4 Å². The van der Waals surface area contributed by atoms with E-state index in [1.54, 1.807) is 23.6 Å². The predicted molar refractivity (Wildman–Crippen MR) is 148 cm³/mol. The second kappa shape index (κ2) is 9.68. The summed E-state index contributed by atoms with van der Waals surface area (Å²) in [6, 6.07) is 10.9. The van der Waals surface area contributed by atoms with Gasteiger partial charge in [0.1, 0.15) is 11.3 Å². The summed E-state index contributed by atoms with van der Waals surface area (Å²) in [6.07, 6.45) is 1.00. The molecular formula is C25H31N4O7PS. The molecule has 1 unspecified atom stereocenters. The number of amidine groups is 1. The molecule has 204 valence electrons. The summed E-state index contributed by atoms with van der Waals surface area (Å²) < 4.78 is 51.2. The molecule has 0 radical (unpaired) electrons. The largest absolute Gasteiger partial charge is 0.508 e. The van der Waals surface area contributed by atoms with E-state index >= 15 is 0 Å². The van der Waals surface area contributed by atoms with Crippen LogP contribution < -0.4 is 15.3 Å². The summed E-state index contributed by atoms with van der Waals surface area (Å²) in [4.78, 5) is 0. The smallest absolute Gasteiger partial charge is 0.348 e. The number of fused-ring (bicyclic) bond motifs is 1. The molecule has 0 saturated carbocycles. The Morgan fingerprint density at radius 3 is 2.34 bits per heavy atom. The van der Waals surface area contributed by atoms with E-state index in [1.807, 2.05) is 20.8 Å². The minimum atomic E-state index is -3.94. The van der Waals surface area contributed by atoms with E-state index < -0.39 is 23.0 Å². The fourth-order valence-electron chi connectivity index (χ4n) is 4.38. The topological polar surface area (TPSA) is 162 Å². The van der Waals surface area contributed by atoms with Crippen LogP contribution in [-0.4, -0.2) is 47.0 Å². The molecule has 3 aromatic rings. The Bertz CT molecular complexity index is 1570. The number of phenols is 1. The standard InChI is InChI=1S/C25H31N4O7PS/c1-6-36-37(33)19-13-16(28-38(5,34)35)9-12-18(19)26-23(27-37)20-21(31)22(25(2,3)4)29(24(20)32)14-15-7-10-17(30)11-8-15/h7-13,28,30-32H,6,14H2,1-5H3,(H,26,27,33). The third-order valence-corrected chi connectivity index (χ3v) is 8.49. The molecule has 4 rings (SSSR count). The molecule has 0 amide bonds. The highest BCUT2D eigenvalue weighted by molar-refractivity contribution is 7.92. The summed E-state index contributed by atoms with van der Waals surface area (Å²) in [6.45, 7) is 7.52. The minimum absolute atomic E-state index is 0.0439. The highest BCUT2D eigenvalue weighted by atomic mass is 32.2.